The van der Waals surface area contributed by atoms with E-state index in [-0.39, 0.29) is 170 Å². The van der Waals surface area contributed by atoms with Crippen molar-refractivity contribution in [1.29, 1.82) is 0 Å². The molecule has 9 saturated heterocycles. The van der Waals surface area contributed by atoms with Crippen LogP contribution in [0.5, 0.6) is 0 Å². The predicted octanol–water partition coefficient (Wildman–Crippen LogP) is 7.20. The molecule has 0 amide bonds. The molecule has 0 aromatic carbocycles. The van der Waals surface area contributed by atoms with Gasteiger partial charge in [0.25, 0.3) is 0 Å². The highest BCUT2D eigenvalue weighted by atomic mass is 17.3. The van der Waals surface area contributed by atoms with Crippen LogP contribution in [0.3, 0.4) is 0 Å². The Bertz CT molecular complexity index is 2760. The van der Waals surface area contributed by atoms with Crippen LogP contribution in [0, 0.1) is 71.0 Å². The molecule has 28 nitrogen and oxygen atoms in total. The van der Waals surface area contributed by atoms with Gasteiger partial charge in [-0.2, -0.15) is 0 Å². The van der Waals surface area contributed by atoms with Crippen molar-refractivity contribution in [3.63, 3.8) is 0 Å². The lowest BCUT2D eigenvalue weighted by molar-refractivity contribution is -0.576. The number of ether oxygens (including phenoxy) is 12. The molecule has 4 bridgehead atoms. The van der Waals surface area contributed by atoms with Crippen molar-refractivity contribution in [2.24, 2.45) is 71.0 Å². The summed E-state index contributed by atoms with van der Waals surface area (Å²) in [6, 6.07) is 0. The molecule has 12 aliphatic rings. The van der Waals surface area contributed by atoms with E-state index in [4.69, 9.17) is 81.5 Å². The van der Waals surface area contributed by atoms with Crippen molar-refractivity contribution in [3.05, 3.63) is 0 Å². The molecule has 28 heteroatoms. The summed E-state index contributed by atoms with van der Waals surface area (Å²) >= 11 is 0. The summed E-state index contributed by atoms with van der Waals surface area (Å²) in [6.07, 6.45) is 4.13. The number of carboxylic acids is 1. The van der Waals surface area contributed by atoms with Crippen LogP contribution in [0.4, 0.5) is 0 Å². The molecule has 3 aliphatic carbocycles. The molecule has 2 N–H and O–H groups in total. The van der Waals surface area contributed by atoms with Crippen LogP contribution in [0.2, 0.25) is 0 Å². The number of carbonyl (C=O) groups is 8. The van der Waals surface area contributed by atoms with Gasteiger partial charge in [-0.25, -0.2) is 19.6 Å². The minimum atomic E-state index is -1.36. The highest BCUT2D eigenvalue weighted by molar-refractivity contribution is 5.79. The maximum Gasteiger partial charge on any atom is 0.308 e. The summed E-state index contributed by atoms with van der Waals surface area (Å²) in [5.74, 6) is -7.32. The van der Waals surface area contributed by atoms with Crippen molar-refractivity contribution in [2.45, 2.75) is 251 Å². The van der Waals surface area contributed by atoms with Crippen LogP contribution in [0.15, 0.2) is 0 Å². The van der Waals surface area contributed by atoms with Gasteiger partial charge < -0.3 is 67.1 Å². The van der Waals surface area contributed by atoms with Gasteiger partial charge in [0.15, 0.2) is 23.8 Å². The SMILES string of the molecule is C[C@H]1[C@H](OC(=O)CCC(=O)OCCN(CCOC(=O)CCC(=O)O)CCN(CCOC(=O)CCC(=O)O[C@@H]2O[C@@H]3O[C@@]4(C)CC[C@H]5[C@H](C)CC[C@@H]([C@H]2C)[C@@]35OO4)CCOC(=O)CCC(=O)O[C@H](O)[C@H](C)C2CCCC3CC[C@H](C)OCC32)O[C@@H]2O[C@@]3(C)CC[C@H]4[C@H](C)CC[C@@H]1[C@@]24OO3. The second kappa shape index (κ2) is 33.6. The zero-order chi connectivity index (χ0) is 70.1. The molecular weight excluding hydrogens is 1280 g/mol. The van der Waals surface area contributed by atoms with Crippen molar-refractivity contribution in [3.8, 4) is 0 Å². The third kappa shape index (κ3) is 18.2. The average Bonchev–Trinajstić information content (AvgIpc) is 1.35. The molecule has 12 fully saturated rings. The van der Waals surface area contributed by atoms with E-state index in [9.17, 15) is 43.5 Å². The van der Waals surface area contributed by atoms with Gasteiger partial charge in [-0.15, -0.1) is 0 Å². The summed E-state index contributed by atoms with van der Waals surface area (Å²) < 4.78 is 71.1. The van der Waals surface area contributed by atoms with Crippen LogP contribution in [0.25, 0.3) is 0 Å². The molecule has 12 rings (SSSR count). The number of aliphatic hydroxyl groups is 1. The number of aliphatic carboxylic acids is 1. The molecule has 3 saturated carbocycles. The van der Waals surface area contributed by atoms with Gasteiger partial charge in [0.2, 0.25) is 30.4 Å². The van der Waals surface area contributed by atoms with Crippen LogP contribution in [0.1, 0.15) is 190 Å². The lowest BCUT2D eigenvalue weighted by Gasteiger charge is -2.59. The van der Waals surface area contributed by atoms with Gasteiger partial charge in [-0.05, 0) is 120 Å². The smallest absolute Gasteiger partial charge is 0.308 e. The molecule has 98 heavy (non-hydrogen) atoms. The van der Waals surface area contributed by atoms with Crippen LogP contribution < -0.4 is 0 Å². The maximum atomic E-state index is 13.4. The molecule has 0 aromatic rings. The fraction of sp³-hybridized carbons (Fsp3) is 0.886. The minimum absolute atomic E-state index is 0.0813. The van der Waals surface area contributed by atoms with Crippen LogP contribution in [-0.4, -0.2) is 200 Å². The van der Waals surface area contributed by atoms with Crippen molar-refractivity contribution < 1.29 is 125 Å². The number of hydrogen-bond acceptors (Lipinski definition) is 27. The quantitative estimate of drug-likeness (QED) is 0.0291. The summed E-state index contributed by atoms with van der Waals surface area (Å²) in [5.41, 5.74) is -1.70. The highest BCUT2D eigenvalue weighted by Crippen LogP contribution is 2.62. The summed E-state index contributed by atoms with van der Waals surface area (Å²) in [6.45, 7) is 16.8. The maximum absolute atomic E-state index is 13.4. The molecule has 9 heterocycles. The van der Waals surface area contributed by atoms with E-state index >= 15 is 0 Å². The lowest BCUT2D eigenvalue weighted by Crippen LogP contribution is -2.70. The van der Waals surface area contributed by atoms with Crippen LogP contribution in [-0.2, 0) is 115 Å². The zero-order valence-corrected chi connectivity index (χ0v) is 58.6. The molecule has 0 aromatic heterocycles. The van der Waals surface area contributed by atoms with E-state index in [1.165, 1.54) is 0 Å². The zero-order valence-electron chi connectivity index (χ0n) is 58.6. The Balaban J connectivity index is 0.710. The van der Waals surface area contributed by atoms with Gasteiger partial charge in [-0.1, -0.05) is 47.5 Å². The van der Waals surface area contributed by atoms with Crippen molar-refractivity contribution >= 4 is 47.8 Å². The number of nitrogens with zero attached hydrogens (tertiary/aromatic N) is 2. The van der Waals surface area contributed by atoms with Gasteiger partial charge in [-0.3, -0.25) is 48.2 Å². The third-order valence-electron chi connectivity index (χ3n) is 23.4. The molecule has 22 atom stereocenters. The number of carbonyl (C=O) groups excluding carboxylic acids is 7. The number of aliphatic hydroxyl groups excluding tert-OH is 1. The first-order valence-electron chi connectivity index (χ1n) is 36.4. The number of fused-ring (bicyclic) bond motifs is 5. The topological polar surface area (TPSA) is 331 Å². The van der Waals surface area contributed by atoms with Gasteiger partial charge in [0, 0.05) is 81.7 Å². The van der Waals surface area contributed by atoms with Gasteiger partial charge in [0.05, 0.1) is 64.1 Å². The number of hydrogen-bond donors (Lipinski definition) is 2. The summed E-state index contributed by atoms with van der Waals surface area (Å²) in [4.78, 5) is 131. The first-order chi connectivity index (χ1) is 46.8. The van der Waals surface area contributed by atoms with Crippen molar-refractivity contribution in [1.82, 2.24) is 9.80 Å². The molecule has 554 valence electrons. The van der Waals surface area contributed by atoms with E-state index < -0.39 is 108 Å². The van der Waals surface area contributed by atoms with E-state index in [1.54, 1.807) is 0 Å². The molecular formula is C70H108N2O26. The molecule has 9 aliphatic heterocycles. The van der Waals surface area contributed by atoms with E-state index in [0.717, 1.165) is 70.6 Å². The van der Waals surface area contributed by atoms with E-state index in [2.05, 4.69) is 20.8 Å². The second-order valence-electron chi connectivity index (χ2n) is 30.0. The molecule has 0 radical (unpaired) electrons. The Morgan fingerprint density at radius 2 is 0.918 bits per heavy atom. The first-order valence-corrected chi connectivity index (χ1v) is 36.4. The third-order valence-corrected chi connectivity index (χ3v) is 23.4. The van der Waals surface area contributed by atoms with E-state index in [0.29, 0.717) is 37.2 Å². The first kappa shape index (κ1) is 75.9. The number of rotatable bonds is 32. The Morgan fingerprint density at radius 3 is 1.37 bits per heavy atom. The second-order valence-corrected chi connectivity index (χ2v) is 30.0. The average molecular weight is 1390 g/mol. The Kier molecular flexibility index (Phi) is 26.0. The highest BCUT2D eigenvalue weighted by Gasteiger charge is 2.71. The Labute approximate surface area is 574 Å². The van der Waals surface area contributed by atoms with E-state index in [1.807, 2.05) is 44.4 Å². The fourth-order valence-corrected chi connectivity index (χ4v) is 17.6. The predicted molar refractivity (Wildman–Crippen MR) is 337 cm³/mol. The van der Waals surface area contributed by atoms with Crippen LogP contribution >= 0.6 is 0 Å². The minimum Gasteiger partial charge on any atom is -0.481 e. The lowest BCUT2D eigenvalue weighted by atomic mass is 9.58. The standard InChI is InChI=1S/C70H108N2O26/c1-41-12-16-52-45(5)63(91-65-69(52)50(41)26-28-67(7,93-65)95-97-69)89-60(80)24-21-57(77)85-38-34-71(32-36-83-55(75)19-18-54(73)74)30-31-72(33-37-84-56(76)20-23-59(79)88-62(82)44(4)48-11-9-10-47-15-14-43(3)87-40-49(47)48)35-39-86-58(78)22-25-61(81)90-64-46(6)53-17-13-42(2)51-27-29-68(8)94-66(92-64)70(51,53)98-96-68/h41-53,62-66,82H,9-40H2,1-8H3,(H,73,74)/t41-,42-,43+,44-,45-,46-,47?,48?,49?,50+,51+,52+,53+,62+,63-,64-,65-,66-,67-,68-,69-,70-/m1/s1. The Morgan fingerprint density at radius 1 is 0.490 bits per heavy atom. The van der Waals surface area contributed by atoms with Crippen molar-refractivity contribution in [2.75, 3.05) is 72.3 Å². The number of carboxylic acid groups (broad SMARTS) is 1. The summed E-state index contributed by atoms with van der Waals surface area (Å²) in [7, 11) is 0. The largest absolute Gasteiger partial charge is 0.481 e. The fourth-order valence-electron chi connectivity index (χ4n) is 17.6. The normalized spacial score (nSPS) is 37.5. The Hall–Kier alpha value is -4.72. The number of esters is 7. The monoisotopic (exact) mass is 1390 g/mol. The van der Waals surface area contributed by atoms with Gasteiger partial charge >= 0.3 is 47.8 Å². The molecule has 3 unspecified atom stereocenters. The molecule has 2 spiro atoms. The van der Waals surface area contributed by atoms with Gasteiger partial charge in [0.1, 0.15) is 26.4 Å². The summed E-state index contributed by atoms with van der Waals surface area (Å²) in [5, 5.41) is 20.2.